The van der Waals surface area contributed by atoms with Crippen molar-refractivity contribution in [3.05, 3.63) is 47.3 Å². The Hall–Kier alpha value is -2.87. The Kier molecular flexibility index (Phi) is 11.5. The van der Waals surface area contributed by atoms with Crippen molar-refractivity contribution in [1.29, 1.82) is 0 Å². The molecular formula is C49H71NO11. The zero-order valence-corrected chi connectivity index (χ0v) is 37.2. The highest BCUT2D eigenvalue weighted by Gasteiger charge is 2.76. The second kappa shape index (κ2) is 15.7. The molecule has 0 amide bonds. The van der Waals surface area contributed by atoms with Gasteiger partial charge in [0, 0.05) is 37.3 Å². The second-order valence-corrected chi connectivity index (χ2v) is 21.7. The Morgan fingerprint density at radius 2 is 1.70 bits per heavy atom. The maximum absolute atomic E-state index is 14.1. The summed E-state index contributed by atoms with van der Waals surface area (Å²) in [4.78, 5) is 42.1. The van der Waals surface area contributed by atoms with E-state index in [0.29, 0.717) is 38.7 Å². The first-order valence-electron chi connectivity index (χ1n) is 23.1. The lowest BCUT2D eigenvalue weighted by Gasteiger charge is -2.75. The quantitative estimate of drug-likeness (QED) is 0.0695. The summed E-state index contributed by atoms with van der Waals surface area (Å²) in [5, 5.41) is 53.5. The molecular weight excluding hydrogens is 779 g/mol. The average Bonchev–Trinajstić information content (AvgIpc) is 3.67. The summed E-state index contributed by atoms with van der Waals surface area (Å²) in [6.45, 7) is 11.8. The van der Waals surface area contributed by atoms with Crippen LogP contribution in [0.25, 0.3) is 0 Å². The van der Waals surface area contributed by atoms with Crippen LogP contribution in [0.15, 0.2) is 36.2 Å². The van der Waals surface area contributed by atoms with E-state index in [2.05, 4.69) is 70.2 Å². The van der Waals surface area contributed by atoms with Crippen molar-refractivity contribution in [3.8, 4) is 0 Å². The maximum Gasteiger partial charge on any atom is 0.335 e. The highest BCUT2D eigenvalue weighted by Crippen LogP contribution is 2.81. The number of carboxylic acids is 2. The van der Waals surface area contributed by atoms with Gasteiger partial charge in [-0.15, -0.1) is 0 Å². The first-order chi connectivity index (χ1) is 28.9. The fraction of sp³-hybridized carbons (Fsp3) is 0.776. The number of hydrogen-bond acceptors (Lipinski definition) is 9. The van der Waals surface area contributed by atoms with Gasteiger partial charge in [-0.25, -0.2) is 4.79 Å². The third-order valence-electron chi connectivity index (χ3n) is 19.0. The average molecular weight is 850 g/mol. The summed E-state index contributed by atoms with van der Waals surface area (Å²) in [6.07, 6.45) is 15.0. The van der Waals surface area contributed by atoms with E-state index in [1.807, 2.05) is 0 Å². The van der Waals surface area contributed by atoms with Gasteiger partial charge in [-0.1, -0.05) is 58.4 Å². The van der Waals surface area contributed by atoms with E-state index in [1.165, 1.54) is 16.7 Å². The Bertz CT molecular complexity index is 1920. The van der Waals surface area contributed by atoms with Gasteiger partial charge in [-0.05, 0) is 140 Å². The van der Waals surface area contributed by atoms with Crippen molar-refractivity contribution in [2.45, 2.75) is 168 Å². The van der Waals surface area contributed by atoms with Crippen molar-refractivity contribution in [3.63, 3.8) is 0 Å². The lowest BCUT2D eigenvalue weighted by molar-refractivity contribution is -0.325. The summed E-state index contributed by atoms with van der Waals surface area (Å²) < 4.78 is 18.1. The van der Waals surface area contributed by atoms with Crippen molar-refractivity contribution in [2.24, 2.45) is 55.7 Å². The van der Waals surface area contributed by atoms with E-state index in [4.69, 9.17) is 14.2 Å². The number of aliphatic hydroxyl groups excluding tert-OH is 3. The number of carbonyl (C=O) groups is 3. The molecule has 2 heterocycles. The van der Waals surface area contributed by atoms with Gasteiger partial charge in [-0.2, -0.15) is 0 Å². The molecule has 1 aromatic rings. The van der Waals surface area contributed by atoms with Gasteiger partial charge < -0.3 is 49.5 Å². The van der Waals surface area contributed by atoms with Crippen LogP contribution in [0.5, 0.6) is 0 Å². The number of aldehydes is 1. The number of ether oxygens (including phenoxy) is 3. The number of carbonyl (C=O) groups excluding carboxylic acids is 1. The monoisotopic (exact) mass is 850 g/mol. The third kappa shape index (κ3) is 6.29. The molecule has 12 heteroatoms. The van der Waals surface area contributed by atoms with E-state index >= 15 is 0 Å². The van der Waals surface area contributed by atoms with Crippen LogP contribution in [0.2, 0.25) is 0 Å². The first-order valence-corrected chi connectivity index (χ1v) is 23.1. The van der Waals surface area contributed by atoms with Crippen molar-refractivity contribution in [1.82, 2.24) is 4.98 Å². The Balaban J connectivity index is 1.24. The number of aliphatic carboxylic acids is 2. The minimum absolute atomic E-state index is 0.0771. The Morgan fingerprint density at radius 1 is 0.951 bits per heavy atom. The number of fused-ring (bicyclic) bond motifs is 6. The fourth-order valence-corrected chi connectivity index (χ4v) is 16.4. The molecule has 8 rings (SSSR count). The fourth-order valence-electron chi connectivity index (χ4n) is 16.4. The zero-order chi connectivity index (χ0) is 44.0. The minimum Gasteiger partial charge on any atom is -0.481 e. The lowest BCUT2D eigenvalue weighted by atomic mass is 9.28. The second-order valence-electron chi connectivity index (χ2n) is 21.7. The van der Waals surface area contributed by atoms with Crippen LogP contribution < -0.4 is 0 Å². The number of aromatic nitrogens is 1. The molecule has 1 saturated heterocycles. The SMILES string of the molecule is CCc1c[nH]cc1CCC12CCC(OC3OC(C(=O)O)C(O)C(O)C3O)C(C)(C)C1CCC1(C)C2CC=C2C34C=CCC(C)(CC(COC)C3(C(=O)O)CCC21CCC=O)C4. The summed E-state index contributed by atoms with van der Waals surface area (Å²) in [7, 11) is 1.69. The molecule has 1 spiro atoms. The predicted octanol–water partition coefficient (Wildman–Crippen LogP) is 6.80. The van der Waals surface area contributed by atoms with Crippen molar-refractivity contribution >= 4 is 18.2 Å². The van der Waals surface area contributed by atoms with Gasteiger partial charge in [-0.3, -0.25) is 4.79 Å². The molecule has 15 atom stereocenters. The lowest BCUT2D eigenvalue weighted by Crippen LogP contribution is -2.70. The summed E-state index contributed by atoms with van der Waals surface area (Å²) in [5.74, 6) is -1.98. The highest BCUT2D eigenvalue weighted by molar-refractivity contribution is 5.79. The molecule has 6 N–H and O–H groups in total. The van der Waals surface area contributed by atoms with Gasteiger partial charge in [0.2, 0.25) is 0 Å². The largest absolute Gasteiger partial charge is 0.481 e. The van der Waals surface area contributed by atoms with E-state index in [-0.39, 0.29) is 34.0 Å². The molecule has 61 heavy (non-hydrogen) atoms. The smallest absolute Gasteiger partial charge is 0.335 e. The van der Waals surface area contributed by atoms with Crippen molar-refractivity contribution < 1.29 is 54.1 Å². The van der Waals surface area contributed by atoms with Crippen LogP contribution in [0.4, 0.5) is 0 Å². The number of methoxy groups -OCH3 is 1. The van der Waals surface area contributed by atoms with Crippen LogP contribution in [0.1, 0.15) is 129 Å². The molecule has 1 aromatic heterocycles. The molecule has 5 fully saturated rings. The number of hydrogen-bond donors (Lipinski definition) is 6. The number of nitrogens with one attached hydrogen (secondary N) is 1. The molecule has 0 radical (unpaired) electrons. The Morgan fingerprint density at radius 3 is 2.39 bits per heavy atom. The summed E-state index contributed by atoms with van der Waals surface area (Å²) in [5.41, 5.74) is 0.728. The van der Waals surface area contributed by atoms with Crippen LogP contribution >= 0.6 is 0 Å². The normalized spacial score (nSPS) is 46.0. The number of aryl methyl sites for hydroxylation is 2. The zero-order valence-electron chi connectivity index (χ0n) is 37.2. The van der Waals surface area contributed by atoms with Crippen LogP contribution in [0, 0.1) is 55.7 Å². The molecule has 338 valence electrons. The predicted molar refractivity (Wildman–Crippen MR) is 226 cm³/mol. The van der Waals surface area contributed by atoms with E-state index in [1.54, 1.807) is 7.11 Å². The topological polar surface area (TPSA) is 196 Å². The van der Waals surface area contributed by atoms with E-state index < -0.39 is 70.4 Å². The van der Waals surface area contributed by atoms with Crippen LogP contribution in [-0.2, 0) is 41.4 Å². The molecule has 1 aliphatic heterocycles. The molecule has 15 unspecified atom stereocenters. The molecule has 2 bridgehead atoms. The number of H-pyrrole nitrogens is 1. The van der Waals surface area contributed by atoms with Gasteiger partial charge in [0.15, 0.2) is 12.4 Å². The number of allylic oxidation sites excluding steroid dienone is 4. The van der Waals surface area contributed by atoms with Gasteiger partial charge in [0.25, 0.3) is 0 Å². The van der Waals surface area contributed by atoms with E-state index in [0.717, 1.165) is 70.5 Å². The standard InChI is InChI=1S/C49H71NO11/c1-7-29-25-50-26-30(29)12-19-46-20-14-35(60-41-38(54)36(52)37(53)39(61-41)40(55)56)43(2,3)32(46)13-18-45(5)33(46)10-11-34-47(45,17-9-23-51)21-22-49(42(57)58)31(27-59-6)24-44(4)15-8-16-48(34,49)28-44/h8,11,16,23,25-26,31-33,35-39,41,50,52-54H,7,9-10,12-15,17-22,24,27-28H2,1-6H3,(H,55,56)(H,57,58). The minimum atomic E-state index is -1.80. The molecule has 7 aliphatic rings. The van der Waals surface area contributed by atoms with Crippen molar-refractivity contribution in [2.75, 3.05) is 13.7 Å². The molecule has 12 nitrogen and oxygen atoms in total. The van der Waals surface area contributed by atoms with Gasteiger partial charge in [0.1, 0.15) is 24.6 Å². The summed E-state index contributed by atoms with van der Waals surface area (Å²) >= 11 is 0. The Labute approximate surface area is 360 Å². The number of rotatable bonds is 13. The van der Waals surface area contributed by atoms with Gasteiger partial charge >= 0.3 is 11.9 Å². The van der Waals surface area contributed by atoms with Gasteiger partial charge in [0.05, 0.1) is 18.1 Å². The maximum atomic E-state index is 14.1. The van der Waals surface area contributed by atoms with E-state index in [9.17, 15) is 39.9 Å². The highest BCUT2D eigenvalue weighted by atomic mass is 16.7. The third-order valence-corrected chi connectivity index (χ3v) is 19.0. The first kappa shape index (κ1) is 44.7. The summed E-state index contributed by atoms with van der Waals surface area (Å²) in [6, 6.07) is 0. The molecule has 6 aliphatic carbocycles. The molecule has 4 saturated carbocycles. The number of carboxylic acid groups (broad SMARTS) is 2. The molecule has 0 aromatic carbocycles. The van der Waals surface area contributed by atoms with Crippen LogP contribution in [0.3, 0.4) is 0 Å². The number of aliphatic hydroxyl groups is 3. The number of aromatic amines is 1. The van der Waals surface area contributed by atoms with Crippen LogP contribution in [-0.4, -0.2) is 99.3 Å².